The van der Waals surface area contributed by atoms with E-state index in [0.29, 0.717) is 12.1 Å². The first-order valence-corrected chi connectivity index (χ1v) is 7.43. The Labute approximate surface area is 120 Å². The highest BCUT2D eigenvalue weighted by Gasteiger charge is 2.30. The first kappa shape index (κ1) is 14.8. The molecule has 0 aliphatic carbocycles. The monoisotopic (exact) mass is 285 g/mol. The first-order valence-electron chi connectivity index (χ1n) is 7.05. The van der Waals surface area contributed by atoms with Gasteiger partial charge in [0.05, 0.1) is 18.4 Å². The lowest BCUT2D eigenvalue weighted by Gasteiger charge is -2.25. The van der Waals surface area contributed by atoms with Gasteiger partial charge >= 0.3 is 0 Å². The van der Waals surface area contributed by atoms with Gasteiger partial charge in [-0.1, -0.05) is 11.6 Å². The Balaban J connectivity index is 2.06. The smallest absolute Gasteiger partial charge is 0.131 e. The van der Waals surface area contributed by atoms with E-state index < -0.39 is 0 Å². The molecule has 0 radical (unpaired) electrons. The van der Waals surface area contributed by atoms with E-state index in [1.807, 2.05) is 14.0 Å². The normalized spacial score (nSPS) is 20.6. The molecule has 108 valence electrons. The summed E-state index contributed by atoms with van der Waals surface area (Å²) in [7, 11) is 1.90. The molecule has 1 aliphatic heterocycles. The Kier molecular flexibility index (Phi) is 4.87. The number of nitrogens with zero attached hydrogens (tertiary/aromatic N) is 3. The largest absolute Gasteiger partial charge is 0.377 e. The Morgan fingerprint density at radius 1 is 1.47 bits per heavy atom. The molecule has 0 unspecified atom stereocenters. The predicted octanol–water partition coefficient (Wildman–Crippen LogP) is 2.94. The van der Waals surface area contributed by atoms with Crippen LogP contribution in [0.2, 0.25) is 5.15 Å². The Morgan fingerprint density at radius 2 is 2.21 bits per heavy atom. The molecule has 2 rings (SSSR count). The summed E-state index contributed by atoms with van der Waals surface area (Å²) in [5.74, 6) is 0. The standard InChI is InChI=1S/C14H24ClN3O/c1-10(2)19-9-8-18-7-5-6-12(18)13-11(3)16-17(4)14(13)15/h10,12H,5-9H2,1-4H3/t12-/m0/s1. The third-order valence-electron chi connectivity index (χ3n) is 3.72. The number of hydrogen-bond acceptors (Lipinski definition) is 3. The number of likely N-dealkylation sites (tertiary alicyclic amines) is 1. The van der Waals surface area contributed by atoms with Crippen LogP contribution < -0.4 is 0 Å². The molecule has 0 saturated carbocycles. The van der Waals surface area contributed by atoms with Gasteiger partial charge in [-0.05, 0) is 40.2 Å². The molecular weight excluding hydrogens is 262 g/mol. The number of aryl methyl sites for hydroxylation is 2. The van der Waals surface area contributed by atoms with Crippen LogP contribution >= 0.6 is 11.6 Å². The Morgan fingerprint density at radius 3 is 2.79 bits per heavy atom. The molecule has 2 heterocycles. The summed E-state index contributed by atoms with van der Waals surface area (Å²) in [6, 6.07) is 0.400. The van der Waals surface area contributed by atoms with Crippen LogP contribution in [0.5, 0.6) is 0 Å². The second-order valence-corrected chi connectivity index (χ2v) is 5.89. The summed E-state index contributed by atoms with van der Waals surface area (Å²) in [5.41, 5.74) is 2.25. The predicted molar refractivity (Wildman–Crippen MR) is 77.6 cm³/mol. The van der Waals surface area contributed by atoms with Crippen molar-refractivity contribution in [1.29, 1.82) is 0 Å². The fraction of sp³-hybridized carbons (Fsp3) is 0.786. The van der Waals surface area contributed by atoms with Crippen LogP contribution in [0.15, 0.2) is 0 Å². The van der Waals surface area contributed by atoms with Crippen molar-refractivity contribution in [3.63, 3.8) is 0 Å². The van der Waals surface area contributed by atoms with E-state index >= 15 is 0 Å². The van der Waals surface area contributed by atoms with Crippen molar-refractivity contribution < 1.29 is 4.74 Å². The molecule has 0 aromatic carbocycles. The summed E-state index contributed by atoms with van der Waals surface area (Å²) >= 11 is 6.39. The maximum atomic E-state index is 6.39. The Hall–Kier alpha value is -0.580. The zero-order valence-electron chi connectivity index (χ0n) is 12.3. The summed E-state index contributed by atoms with van der Waals surface area (Å²) in [6.07, 6.45) is 2.68. The Bertz CT molecular complexity index is 431. The van der Waals surface area contributed by atoms with Gasteiger partial charge in [0.25, 0.3) is 0 Å². The van der Waals surface area contributed by atoms with E-state index in [9.17, 15) is 0 Å². The van der Waals surface area contributed by atoms with E-state index in [0.717, 1.165) is 37.0 Å². The molecular formula is C14H24ClN3O. The van der Waals surface area contributed by atoms with E-state index in [2.05, 4.69) is 23.8 Å². The topological polar surface area (TPSA) is 30.3 Å². The minimum Gasteiger partial charge on any atom is -0.377 e. The molecule has 1 fully saturated rings. The highest BCUT2D eigenvalue weighted by molar-refractivity contribution is 6.30. The lowest BCUT2D eigenvalue weighted by Crippen LogP contribution is -2.28. The molecule has 1 atom stereocenters. The molecule has 1 aromatic rings. The second kappa shape index (κ2) is 6.25. The average Bonchev–Trinajstić information content (AvgIpc) is 2.85. The zero-order chi connectivity index (χ0) is 14.0. The van der Waals surface area contributed by atoms with Crippen LogP contribution in [0.25, 0.3) is 0 Å². The molecule has 0 bridgehead atoms. The van der Waals surface area contributed by atoms with Gasteiger partial charge in [-0.3, -0.25) is 9.58 Å². The minimum atomic E-state index is 0.296. The van der Waals surface area contributed by atoms with E-state index in [1.54, 1.807) is 4.68 Å². The van der Waals surface area contributed by atoms with Gasteiger partial charge in [-0.15, -0.1) is 0 Å². The van der Waals surface area contributed by atoms with Gasteiger partial charge in [0.2, 0.25) is 0 Å². The van der Waals surface area contributed by atoms with Crippen molar-refractivity contribution in [1.82, 2.24) is 14.7 Å². The molecule has 19 heavy (non-hydrogen) atoms. The lowest BCUT2D eigenvalue weighted by atomic mass is 10.1. The molecule has 4 nitrogen and oxygen atoms in total. The molecule has 1 saturated heterocycles. The number of rotatable bonds is 5. The number of hydrogen-bond donors (Lipinski definition) is 0. The van der Waals surface area contributed by atoms with Gasteiger partial charge < -0.3 is 4.74 Å². The summed E-state index contributed by atoms with van der Waals surface area (Å²) < 4.78 is 7.43. The molecule has 1 aromatic heterocycles. The van der Waals surface area contributed by atoms with Gasteiger partial charge in [0, 0.05) is 25.2 Å². The fourth-order valence-corrected chi connectivity index (χ4v) is 3.15. The lowest BCUT2D eigenvalue weighted by molar-refractivity contribution is 0.0563. The highest BCUT2D eigenvalue weighted by Crippen LogP contribution is 2.37. The summed E-state index contributed by atoms with van der Waals surface area (Å²) in [5, 5.41) is 5.20. The summed E-state index contributed by atoms with van der Waals surface area (Å²) in [4.78, 5) is 2.47. The van der Waals surface area contributed by atoms with Crippen LogP contribution in [0, 0.1) is 6.92 Å². The van der Waals surface area contributed by atoms with Gasteiger partial charge in [0.1, 0.15) is 5.15 Å². The van der Waals surface area contributed by atoms with E-state index in [1.165, 1.54) is 12.0 Å². The quantitative estimate of drug-likeness (QED) is 0.833. The fourth-order valence-electron chi connectivity index (χ4n) is 2.85. The van der Waals surface area contributed by atoms with Crippen molar-refractivity contribution in [3.05, 3.63) is 16.4 Å². The van der Waals surface area contributed by atoms with Crippen molar-refractivity contribution >= 4 is 11.6 Å². The first-order chi connectivity index (χ1) is 9.00. The van der Waals surface area contributed by atoms with Crippen LogP contribution in [-0.2, 0) is 11.8 Å². The van der Waals surface area contributed by atoms with Gasteiger partial charge in [-0.25, -0.2) is 0 Å². The van der Waals surface area contributed by atoms with Crippen molar-refractivity contribution in [2.75, 3.05) is 19.7 Å². The van der Waals surface area contributed by atoms with E-state index in [-0.39, 0.29) is 0 Å². The van der Waals surface area contributed by atoms with Crippen LogP contribution in [0.3, 0.4) is 0 Å². The van der Waals surface area contributed by atoms with E-state index in [4.69, 9.17) is 16.3 Å². The van der Waals surface area contributed by atoms with Crippen LogP contribution in [0.4, 0.5) is 0 Å². The van der Waals surface area contributed by atoms with Gasteiger partial charge in [-0.2, -0.15) is 5.10 Å². The number of halogens is 1. The van der Waals surface area contributed by atoms with Crippen molar-refractivity contribution in [3.8, 4) is 0 Å². The summed E-state index contributed by atoms with van der Waals surface area (Å²) in [6.45, 7) is 9.06. The number of aromatic nitrogens is 2. The maximum absolute atomic E-state index is 6.39. The highest BCUT2D eigenvalue weighted by atomic mass is 35.5. The SMILES string of the molecule is Cc1nn(C)c(Cl)c1[C@@H]1CCCN1CCOC(C)C. The second-order valence-electron chi connectivity index (χ2n) is 5.53. The zero-order valence-corrected chi connectivity index (χ0v) is 13.1. The number of ether oxygens (including phenoxy) is 1. The maximum Gasteiger partial charge on any atom is 0.131 e. The molecule has 1 aliphatic rings. The molecule has 0 amide bonds. The third-order valence-corrected chi connectivity index (χ3v) is 4.17. The molecule has 0 N–H and O–H groups in total. The molecule has 0 spiro atoms. The third kappa shape index (κ3) is 3.30. The van der Waals surface area contributed by atoms with Crippen molar-refractivity contribution in [2.24, 2.45) is 7.05 Å². The van der Waals surface area contributed by atoms with Crippen LogP contribution in [-0.4, -0.2) is 40.5 Å². The average molecular weight is 286 g/mol. The molecule has 5 heteroatoms. The van der Waals surface area contributed by atoms with Gasteiger partial charge in [0.15, 0.2) is 0 Å². The van der Waals surface area contributed by atoms with Crippen LogP contribution in [0.1, 0.15) is 44.0 Å². The minimum absolute atomic E-state index is 0.296. The van der Waals surface area contributed by atoms with Crippen molar-refractivity contribution in [2.45, 2.75) is 45.8 Å².